The first-order valence-corrected chi connectivity index (χ1v) is 11.6. The largest absolute Gasteiger partial charge is 0.338 e. The fourth-order valence-electron chi connectivity index (χ4n) is 4.10. The average molecular weight is 478 g/mol. The Labute approximate surface area is 205 Å². The van der Waals surface area contributed by atoms with Crippen LogP contribution in [0.4, 0.5) is 5.69 Å². The number of carbonyl (C=O) groups excluding carboxylic acids is 1. The van der Waals surface area contributed by atoms with E-state index in [0.29, 0.717) is 11.4 Å². The highest BCUT2D eigenvalue weighted by molar-refractivity contribution is 5.96. The molecule has 3 N–H and O–H groups in total. The molecule has 0 aliphatic heterocycles. The van der Waals surface area contributed by atoms with Crippen molar-refractivity contribution in [1.82, 2.24) is 39.7 Å². The van der Waals surface area contributed by atoms with Crippen LogP contribution in [0.5, 0.6) is 0 Å². The van der Waals surface area contributed by atoms with Crippen LogP contribution in [0, 0.1) is 12.8 Å². The number of hydrogen-bond acceptors (Lipinski definition) is 6. The van der Waals surface area contributed by atoms with Crippen molar-refractivity contribution >= 4 is 33.7 Å². The second kappa shape index (κ2) is 8.42. The highest BCUT2D eigenvalue weighted by Gasteiger charge is 2.16. The van der Waals surface area contributed by atoms with Crippen molar-refractivity contribution in [3.8, 4) is 28.3 Å². The van der Waals surface area contributed by atoms with E-state index in [2.05, 4.69) is 35.5 Å². The number of nitrogens with zero attached hydrogens (tertiary/aromatic N) is 6. The monoisotopic (exact) mass is 477 g/mol. The lowest BCUT2D eigenvalue weighted by molar-refractivity contribution is -0.118. The number of pyridine rings is 3. The number of amides is 1. The Bertz CT molecular complexity index is 1740. The highest BCUT2D eigenvalue weighted by atomic mass is 16.1. The maximum Gasteiger partial charge on any atom is 0.226 e. The van der Waals surface area contributed by atoms with Gasteiger partial charge in [0.2, 0.25) is 5.91 Å². The number of aromatic amines is 2. The van der Waals surface area contributed by atoms with Crippen LogP contribution >= 0.6 is 0 Å². The van der Waals surface area contributed by atoms with E-state index in [1.54, 1.807) is 24.9 Å². The Morgan fingerprint density at radius 1 is 1.11 bits per heavy atom. The van der Waals surface area contributed by atoms with E-state index in [-0.39, 0.29) is 11.8 Å². The molecule has 0 aromatic carbocycles. The zero-order valence-corrected chi connectivity index (χ0v) is 19.9. The number of rotatable bonds is 5. The summed E-state index contributed by atoms with van der Waals surface area (Å²) in [6.45, 7) is 5.66. The third kappa shape index (κ3) is 3.78. The number of carbonyl (C=O) groups is 1. The van der Waals surface area contributed by atoms with Crippen LogP contribution in [0.3, 0.4) is 0 Å². The van der Waals surface area contributed by atoms with Crippen LogP contribution in [0.1, 0.15) is 19.5 Å². The number of H-pyrrole nitrogens is 2. The number of nitrogens with one attached hydrogen (secondary N) is 3. The Morgan fingerprint density at radius 2 is 2.00 bits per heavy atom. The summed E-state index contributed by atoms with van der Waals surface area (Å²) in [4.78, 5) is 33.5. The van der Waals surface area contributed by atoms with Gasteiger partial charge in [0, 0.05) is 35.5 Å². The van der Waals surface area contributed by atoms with Gasteiger partial charge in [-0.3, -0.25) is 14.9 Å². The van der Waals surface area contributed by atoms with E-state index < -0.39 is 0 Å². The van der Waals surface area contributed by atoms with E-state index in [1.165, 1.54) is 0 Å². The molecular formula is C26H23N9O. The molecule has 0 aliphatic rings. The molecule has 178 valence electrons. The van der Waals surface area contributed by atoms with Crippen molar-refractivity contribution in [1.29, 1.82) is 0 Å². The highest BCUT2D eigenvalue weighted by Crippen LogP contribution is 2.31. The van der Waals surface area contributed by atoms with Crippen LogP contribution < -0.4 is 5.32 Å². The van der Waals surface area contributed by atoms with Gasteiger partial charge in [-0.25, -0.2) is 15.0 Å². The molecule has 0 saturated carbocycles. The van der Waals surface area contributed by atoms with E-state index in [1.807, 2.05) is 61.9 Å². The SMILES string of the molecule is Cc1cn(-c2ccnc3[nH]c(-c4n[nH]c5ccc(-c6cncc(NC(=O)C(C)C)c6)nc45)cc23)cn1. The summed E-state index contributed by atoms with van der Waals surface area (Å²) in [5.74, 6) is -0.187. The molecule has 0 unspecified atom stereocenters. The van der Waals surface area contributed by atoms with Gasteiger partial charge < -0.3 is 14.9 Å². The van der Waals surface area contributed by atoms with Gasteiger partial charge in [0.05, 0.1) is 46.5 Å². The first-order chi connectivity index (χ1) is 17.5. The Hall–Kier alpha value is -4.86. The molecule has 0 fully saturated rings. The van der Waals surface area contributed by atoms with E-state index in [9.17, 15) is 4.79 Å². The van der Waals surface area contributed by atoms with Gasteiger partial charge in [-0.05, 0) is 37.3 Å². The van der Waals surface area contributed by atoms with Crippen molar-refractivity contribution in [2.45, 2.75) is 20.8 Å². The Morgan fingerprint density at radius 3 is 2.81 bits per heavy atom. The zero-order chi connectivity index (χ0) is 24.8. The van der Waals surface area contributed by atoms with Crippen molar-refractivity contribution in [3.63, 3.8) is 0 Å². The topological polar surface area (TPSA) is 130 Å². The average Bonchev–Trinajstić information content (AvgIpc) is 3.61. The number of aryl methyl sites for hydroxylation is 1. The fourth-order valence-corrected chi connectivity index (χ4v) is 4.10. The molecule has 0 atom stereocenters. The van der Waals surface area contributed by atoms with Crippen molar-refractivity contribution in [2.75, 3.05) is 5.32 Å². The third-order valence-corrected chi connectivity index (χ3v) is 5.99. The number of anilines is 1. The summed E-state index contributed by atoms with van der Waals surface area (Å²) in [6, 6.07) is 9.70. The molecule has 6 aromatic heterocycles. The molecular weight excluding hydrogens is 454 g/mol. The van der Waals surface area contributed by atoms with Crippen molar-refractivity contribution in [2.24, 2.45) is 5.92 Å². The van der Waals surface area contributed by atoms with Crippen LogP contribution in [-0.2, 0) is 4.79 Å². The zero-order valence-electron chi connectivity index (χ0n) is 19.9. The Balaban J connectivity index is 1.41. The summed E-state index contributed by atoms with van der Waals surface area (Å²) in [5, 5.41) is 11.5. The van der Waals surface area contributed by atoms with E-state index >= 15 is 0 Å². The lowest BCUT2D eigenvalue weighted by atomic mass is 10.1. The lowest BCUT2D eigenvalue weighted by Crippen LogP contribution is -2.17. The molecule has 0 spiro atoms. The molecule has 1 amide bonds. The van der Waals surface area contributed by atoms with E-state index in [0.717, 1.165) is 50.4 Å². The van der Waals surface area contributed by atoms with Crippen molar-refractivity contribution in [3.05, 3.63) is 67.1 Å². The second-order valence-corrected chi connectivity index (χ2v) is 8.97. The maximum absolute atomic E-state index is 12.1. The standard InChI is InChI=1S/C26H23N9O/c1-14(2)26(36)30-17-8-16(10-27-11-17)19-4-5-20-23(31-19)24(34-33-20)21-9-18-22(6-7-28-25(18)32-21)35-12-15(3)29-13-35/h4-14H,1-3H3,(H,28,32)(H,30,36)(H,33,34). The maximum atomic E-state index is 12.1. The summed E-state index contributed by atoms with van der Waals surface area (Å²) in [6.07, 6.45) is 8.89. The summed E-state index contributed by atoms with van der Waals surface area (Å²) >= 11 is 0. The summed E-state index contributed by atoms with van der Waals surface area (Å²) in [7, 11) is 0. The van der Waals surface area contributed by atoms with Gasteiger partial charge in [0.1, 0.15) is 16.9 Å². The minimum Gasteiger partial charge on any atom is -0.338 e. The van der Waals surface area contributed by atoms with Crippen LogP contribution in [0.15, 0.2) is 61.4 Å². The third-order valence-electron chi connectivity index (χ3n) is 5.99. The number of aromatic nitrogens is 8. The van der Waals surface area contributed by atoms with Gasteiger partial charge in [-0.2, -0.15) is 5.10 Å². The van der Waals surface area contributed by atoms with Crippen LogP contribution in [0.25, 0.3) is 50.4 Å². The molecule has 0 saturated heterocycles. The predicted octanol–water partition coefficient (Wildman–Crippen LogP) is 4.65. The van der Waals surface area contributed by atoms with Gasteiger partial charge >= 0.3 is 0 Å². The molecule has 0 bridgehead atoms. The molecule has 0 aliphatic carbocycles. The number of fused-ring (bicyclic) bond motifs is 2. The molecule has 36 heavy (non-hydrogen) atoms. The summed E-state index contributed by atoms with van der Waals surface area (Å²) in [5.41, 5.74) is 7.82. The van der Waals surface area contributed by atoms with Gasteiger partial charge in [-0.1, -0.05) is 13.8 Å². The second-order valence-electron chi connectivity index (χ2n) is 8.97. The van der Waals surface area contributed by atoms with Crippen LogP contribution in [0.2, 0.25) is 0 Å². The predicted molar refractivity (Wildman–Crippen MR) is 138 cm³/mol. The van der Waals surface area contributed by atoms with Gasteiger partial charge in [0.25, 0.3) is 0 Å². The summed E-state index contributed by atoms with van der Waals surface area (Å²) < 4.78 is 1.98. The molecule has 0 radical (unpaired) electrons. The van der Waals surface area contributed by atoms with E-state index in [4.69, 9.17) is 4.98 Å². The first-order valence-electron chi connectivity index (χ1n) is 11.6. The Kier molecular flexibility index (Phi) is 5.06. The molecule has 10 heteroatoms. The number of hydrogen-bond donors (Lipinski definition) is 3. The normalized spacial score (nSPS) is 11.6. The molecule has 10 nitrogen and oxygen atoms in total. The lowest BCUT2D eigenvalue weighted by Gasteiger charge is -2.08. The first kappa shape index (κ1) is 21.7. The van der Waals surface area contributed by atoms with Gasteiger partial charge in [0.15, 0.2) is 0 Å². The van der Waals surface area contributed by atoms with Crippen molar-refractivity contribution < 1.29 is 4.79 Å². The number of imidazole rings is 1. The molecule has 6 aromatic rings. The fraction of sp³-hybridized carbons (Fsp3) is 0.154. The van der Waals surface area contributed by atoms with Gasteiger partial charge in [-0.15, -0.1) is 0 Å². The van der Waals surface area contributed by atoms with Crippen LogP contribution in [-0.4, -0.2) is 45.6 Å². The minimum absolute atomic E-state index is 0.0628. The smallest absolute Gasteiger partial charge is 0.226 e. The molecule has 6 heterocycles. The minimum atomic E-state index is -0.124. The molecule has 6 rings (SSSR count). The quantitative estimate of drug-likeness (QED) is 0.331.